The summed E-state index contributed by atoms with van der Waals surface area (Å²) in [6, 6.07) is 8.71. The largest absolute Gasteiger partial charge is 0.454 e. The Balaban J connectivity index is 1.99. The molecule has 2 aromatic heterocycles. The SMILES string of the molecule is Cn1cc(-c2cc(S(C)(=O)=O)ccc2Oc2ccc(F)cc2F)c2cc[nH]c2c1=O. The number of hydrogen-bond donors (Lipinski definition) is 1. The summed E-state index contributed by atoms with van der Waals surface area (Å²) in [5, 5.41) is 0.549. The van der Waals surface area contributed by atoms with Crippen LogP contribution < -0.4 is 10.3 Å². The highest BCUT2D eigenvalue weighted by molar-refractivity contribution is 7.90. The summed E-state index contributed by atoms with van der Waals surface area (Å²) in [7, 11) is -1.99. The minimum Gasteiger partial charge on any atom is -0.454 e. The van der Waals surface area contributed by atoms with Crippen LogP contribution in [-0.4, -0.2) is 24.2 Å². The van der Waals surface area contributed by atoms with E-state index in [4.69, 9.17) is 4.74 Å². The lowest BCUT2D eigenvalue weighted by Gasteiger charge is -2.15. The lowest BCUT2D eigenvalue weighted by molar-refractivity contribution is 0.438. The molecule has 1 N–H and O–H groups in total. The van der Waals surface area contributed by atoms with E-state index in [1.807, 2.05) is 0 Å². The molecule has 9 heteroatoms. The zero-order chi connectivity index (χ0) is 21.6. The van der Waals surface area contributed by atoms with Gasteiger partial charge >= 0.3 is 0 Å². The third-order valence-electron chi connectivity index (χ3n) is 4.68. The molecule has 2 aromatic carbocycles. The summed E-state index contributed by atoms with van der Waals surface area (Å²) in [6.45, 7) is 0. The van der Waals surface area contributed by atoms with Crippen LogP contribution in [0.2, 0.25) is 0 Å². The molecule has 4 aromatic rings. The zero-order valence-electron chi connectivity index (χ0n) is 15.9. The van der Waals surface area contributed by atoms with Crippen molar-refractivity contribution in [3.63, 3.8) is 0 Å². The van der Waals surface area contributed by atoms with Crippen LogP contribution >= 0.6 is 0 Å². The quantitative estimate of drug-likeness (QED) is 0.531. The van der Waals surface area contributed by atoms with E-state index in [1.165, 1.54) is 22.8 Å². The van der Waals surface area contributed by atoms with Gasteiger partial charge in [-0.3, -0.25) is 4.79 Å². The smallest absolute Gasteiger partial charge is 0.274 e. The maximum absolute atomic E-state index is 14.1. The molecular weight excluding hydrogens is 414 g/mol. The summed E-state index contributed by atoms with van der Waals surface area (Å²) < 4.78 is 58.6. The van der Waals surface area contributed by atoms with Gasteiger partial charge in [0.25, 0.3) is 5.56 Å². The van der Waals surface area contributed by atoms with E-state index in [0.29, 0.717) is 28.1 Å². The highest BCUT2D eigenvalue weighted by atomic mass is 32.2. The van der Waals surface area contributed by atoms with E-state index in [2.05, 4.69) is 4.98 Å². The number of sulfone groups is 1. The molecule has 0 aliphatic rings. The summed E-state index contributed by atoms with van der Waals surface area (Å²) in [5.41, 5.74) is 0.918. The third kappa shape index (κ3) is 3.48. The number of hydrogen-bond acceptors (Lipinski definition) is 4. The fourth-order valence-corrected chi connectivity index (χ4v) is 3.85. The molecule has 154 valence electrons. The van der Waals surface area contributed by atoms with Crippen molar-refractivity contribution in [2.75, 3.05) is 6.26 Å². The first kappa shape index (κ1) is 19.8. The number of benzene rings is 2. The van der Waals surface area contributed by atoms with Crippen molar-refractivity contribution >= 4 is 20.7 Å². The maximum Gasteiger partial charge on any atom is 0.274 e. The zero-order valence-corrected chi connectivity index (χ0v) is 16.8. The van der Waals surface area contributed by atoms with Gasteiger partial charge in [-0.1, -0.05) is 0 Å². The lowest BCUT2D eigenvalue weighted by Crippen LogP contribution is -2.16. The van der Waals surface area contributed by atoms with Crippen molar-refractivity contribution < 1.29 is 21.9 Å². The van der Waals surface area contributed by atoms with Crippen LogP contribution in [0.25, 0.3) is 22.0 Å². The molecule has 0 aliphatic carbocycles. The van der Waals surface area contributed by atoms with Crippen molar-refractivity contribution in [2.24, 2.45) is 7.05 Å². The summed E-state index contributed by atoms with van der Waals surface area (Å²) in [4.78, 5) is 15.3. The Morgan fingerprint density at radius 3 is 2.43 bits per heavy atom. The van der Waals surface area contributed by atoms with Crippen molar-refractivity contribution in [3.8, 4) is 22.6 Å². The number of aryl methyl sites for hydroxylation is 1. The number of pyridine rings is 1. The van der Waals surface area contributed by atoms with Crippen molar-refractivity contribution in [1.29, 1.82) is 0 Å². The molecule has 2 heterocycles. The summed E-state index contributed by atoms with van der Waals surface area (Å²) in [6.07, 6.45) is 4.21. The first-order valence-corrected chi connectivity index (χ1v) is 10.7. The average Bonchev–Trinajstić information content (AvgIpc) is 3.16. The van der Waals surface area contributed by atoms with Crippen LogP contribution in [0.5, 0.6) is 11.5 Å². The topological polar surface area (TPSA) is 81.2 Å². The molecule has 0 amide bonds. The van der Waals surface area contributed by atoms with Gasteiger partial charge in [-0.05, 0) is 36.4 Å². The number of aromatic amines is 1. The second-order valence-corrected chi connectivity index (χ2v) is 8.85. The van der Waals surface area contributed by atoms with Crippen molar-refractivity contribution in [1.82, 2.24) is 9.55 Å². The number of ether oxygens (including phenoxy) is 1. The van der Waals surface area contributed by atoms with Gasteiger partial charge in [0.15, 0.2) is 21.4 Å². The summed E-state index contributed by atoms with van der Waals surface area (Å²) >= 11 is 0. The van der Waals surface area contributed by atoms with E-state index in [1.54, 1.807) is 25.5 Å². The van der Waals surface area contributed by atoms with Gasteiger partial charge in [0, 0.05) is 48.3 Å². The monoisotopic (exact) mass is 430 g/mol. The third-order valence-corrected chi connectivity index (χ3v) is 5.79. The molecule has 0 bridgehead atoms. The lowest BCUT2D eigenvalue weighted by atomic mass is 10.0. The average molecular weight is 430 g/mol. The second kappa shape index (κ2) is 7.10. The normalized spacial score (nSPS) is 11.7. The van der Waals surface area contributed by atoms with Crippen LogP contribution in [0.15, 0.2) is 64.5 Å². The number of rotatable bonds is 4. The fourth-order valence-electron chi connectivity index (χ4n) is 3.20. The molecule has 6 nitrogen and oxygen atoms in total. The Kier molecular flexibility index (Phi) is 4.70. The predicted octanol–water partition coefficient (Wildman–Crippen LogP) is 4.01. The standard InChI is InChI=1S/C21H16F2N2O4S/c1-25-11-16(14-7-8-24-20(14)21(25)26)15-10-13(30(2,27)28)4-6-18(15)29-19-5-3-12(22)9-17(19)23/h3-11,24H,1-2H3. The van der Waals surface area contributed by atoms with Gasteiger partial charge in [0.1, 0.15) is 17.1 Å². The molecule has 0 aliphatic heterocycles. The Hall–Kier alpha value is -3.46. The van der Waals surface area contributed by atoms with Crippen LogP contribution in [0.3, 0.4) is 0 Å². The van der Waals surface area contributed by atoms with Gasteiger partial charge in [-0.25, -0.2) is 17.2 Å². The molecule has 0 saturated carbocycles. The Morgan fingerprint density at radius 2 is 1.73 bits per heavy atom. The van der Waals surface area contributed by atoms with E-state index < -0.39 is 21.5 Å². The molecule has 0 unspecified atom stereocenters. The second-order valence-electron chi connectivity index (χ2n) is 6.83. The number of nitrogens with one attached hydrogen (secondary N) is 1. The van der Waals surface area contributed by atoms with E-state index >= 15 is 0 Å². The number of aromatic nitrogens is 2. The highest BCUT2D eigenvalue weighted by Gasteiger charge is 2.19. The van der Waals surface area contributed by atoms with Gasteiger partial charge in [-0.2, -0.15) is 0 Å². The Morgan fingerprint density at radius 1 is 1.00 bits per heavy atom. The molecule has 0 radical (unpaired) electrons. The molecule has 4 rings (SSSR count). The van der Waals surface area contributed by atoms with Crippen molar-refractivity contribution in [3.05, 3.63) is 76.8 Å². The number of fused-ring (bicyclic) bond motifs is 1. The molecule has 30 heavy (non-hydrogen) atoms. The maximum atomic E-state index is 14.1. The first-order chi connectivity index (χ1) is 14.1. The molecule has 0 saturated heterocycles. The van der Waals surface area contributed by atoms with Crippen LogP contribution in [0.4, 0.5) is 8.78 Å². The van der Waals surface area contributed by atoms with Crippen molar-refractivity contribution in [2.45, 2.75) is 4.90 Å². The first-order valence-electron chi connectivity index (χ1n) is 8.79. The number of nitrogens with zero attached hydrogens (tertiary/aromatic N) is 1. The molecule has 0 spiro atoms. The van der Waals surface area contributed by atoms with E-state index in [0.717, 1.165) is 18.4 Å². The minimum atomic E-state index is -3.55. The van der Waals surface area contributed by atoms with E-state index in [-0.39, 0.29) is 22.0 Å². The van der Waals surface area contributed by atoms with Gasteiger partial charge < -0.3 is 14.3 Å². The van der Waals surface area contributed by atoms with E-state index in [9.17, 15) is 22.0 Å². The minimum absolute atomic E-state index is 0.0296. The van der Waals surface area contributed by atoms with Gasteiger partial charge in [0.05, 0.1) is 4.90 Å². The highest BCUT2D eigenvalue weighted by Crippen LogP contribution is 2.38. The Bertz CT molecular complexity index is 1460. The number of halogens is 2. The molecular formula is C21H16F2N2O4S. The number of H-pyrrole nitrogens is 1. The Labute approximate surface area is 170 Å². The predicted molar refractivity (Wildman–Crippen MR) is 109 cm³/mol. The van der Waals surface area contributed by atoms with Gasteiger partial charge in [-0.15, -0.1) is 0 Å². The van der Waals surface area contributed by atoms with Crippen LogP contribution in [0, 0.1) is 11.6 Å². The molecule has 0 fully saturated rings. The van der Waals surface area contributed by atoms with Crippen LogP contribution in [0.1, 0.15) is 0 Å². The summed E-state index contributed by atoms with van der Waals surface area (Å²) in [5.74, 6) is -1.73. The van der Waals surface area contributed by atoms with Gasteiger partial charge in [0.2, 0.25) is 0 Å². The fraction of sp³-hybridized carbons (Fsp3) is 0.0952. The van der Waals surface area contributed by atoms with Crippen LogP contribution in [-0.2, 0) is 16.9 Å². The molecule has 0 atom stereocenters.